The molecule has 1 aromatic rings. The van der Waals surface area contributed by atoms with Crippen LogP contribution < -0.4 is 5.32 Å². The van der Waals surface area contributed by atoms with Crippen LogP contribution in [-0.2, 0) is 7.05 Å². The Kier molecular flexibility index (Phi) is 5.85. The number of hydrogen-bond acceptors (Lipinski definition) is 5. The molecule has 1 amide bonds. The molecule has 0 bridgehead atoms. The molecule has 0 radical (unpaired) electrons. The zero-order valence-electron chi connectivity index (χ0n) is 12.1. The van der Waals surface area contributed by atoms with Gasteiger partial charge in [-0.05, 0) is 20.0 Å². The molecule has 8 nitrogen and oxygen atoms in total. The molecular weight excluding hydrogens is 307 g/mol. The molecule has 0 saturated heterocycles. The average Bonchev–Trinajstić information content (AvgIpc) is 2.74. The quantitative estimate of drug-likeness (QED) is 0.458. The normalized spacial score (nSPS) is 11.7. The second-order valence-corrected chi connectivity index (χ2v) is 4.72. The summed E-state index contributed by atoms with van der Waals surface area (Å²) in [7, 11) is 2.71. The lowest BCUT2D eigenvalue weighted by atomic mass is 10.3. The number of amides is 1. The van der Waals surface area contributed by atoms with Crippen molar-refractivity contribution < 1.29 is 22.9 Å². The predicted octanol–water partition coefficient (Wildman–Crippen LogP) is 0.942. The summed E-state index contributed by atoms with van der Waals surface area (Å²) in [5.74, 6) is -0.690. The second-order valence-electron chi connectivity index (χ2n) is 4.72. The summed E-state index contributed by atoms with van der Waals surface area (Å²) in [6.45, 7) is -0.801. The van der Waals surface area contributed by atoms with Gasteiger partial charge in [0.1, 0.15) is 6.20 Å². The summed E-state index contributed by atoms with van der Waals surface area (Å²) in [5, 5.41) is 16.8. The number of nitrogens with one attached hydrogen (secondary N) is 1. The first-order valence-electron chi connectivity index (χ1n) is 6.31. The van der Waals surface area contributed by atoms with Crippen molar-refractivity contribution in [3.05, 3.63) is 22.0 Å². The number of halogens is 3. The van der Waals surface area contributed by atoms with Gasteiger partial charge in [-0.3, -0.25) is 24.5 Å². The van der Waals surface area contributed by atoms with E-state index in [1.165, 1.54) is 14.1 Å². The Morgan fingerprint density at radius 3 is 2.73 bits per heavy atom. The third-order valence-electron chi connectivity index (χ3n) is 2.78. The van der Waals surface area contributed by atoms with E-state index in [1.54, 1.807) is 0 Å². The van der Waals surface area contributed by atoms with Gasteiger partial charge in [0.15, 0.2) is 0 Å². The Hall–Kier alpha value is -2.17. The van der Waals surface area contributed by atoms with Crippen molar-refractivity contribution in [1.29, 1.82) is 0 Å². The van der Waals surface area contributed by atoms with E-state index in [1.807, 2.05) is 0 Å². The Bertz CT molecular complexity index is 544. The van der Waals surface area contributed by atoms with Crippen LogP contribution in [0.4, 0.5) is 18.9 Å². The van der Waals surface area contributed by atoms with E-state index < -0.39 is 29.2 Å². The van der Waals surface area contributed by atoms with Gasteiger partial charge in [0.25, 0.3) is 5.91 Å². The highest BCUT2D eigenvalue weighted by Crippen LogP contribution is 2.17. The minimum atomic E-state index is -4.27. The van der Waals surface area contributed by atoms with Gasteiger partial charge < -0.3 is 5.32 Å². The minimum Gasteiger partial charge on any atom is -0.350 e. The molecule has 0 aliphatic heterocycles. The number of nitrogens with zero attached hydrogens (tertiary/aromatic N) is 4. The number of alkyl halides is 3. The van der Waals surface area contributed by atoms with Crippen molar-refractivity contribution >= 4 is 11.6 Å². The first kappa shape index (κ1) is 17.9. The summed E-state index contributed by atoms with van der Waals surface area (Å²) in [4.78, 5) is 23.0. The molecule has 124 valence electrons. The van der Waals surface area contributed by atoms with Gasteiger partial charge in [0.05, 0.1) is 11.5 Å². The SMILES string of the molecule is CN(CCCNC(=O)c1c([N+](=O)[O-])cnn1C)CC(F)(F)F. The fourth-order valence-corrected chi connectivity index (χ4v) is 1.84. The Balaban J connectivity index is 2.45. The lowest BCUT2D eigenvalue weighted by molar-refractivity contribution is -0.385. The van der Waals surface area contributed by atoms with E-state index in [2.05, 4.69) is 10.4 Å². The fourth-order valence-electron chi connectivity index (χ4n) is 1.84. The Labute approximate surface area is 124 Å². The van der Waals surface area contributed by atoms with Gasteiger partial charge in [0, 0.05) is 13.6 Å². The molecular formula is C11H16F3N5O3. The first-order chi connectivity index (χ1) is 10.1. The van der Waals surface area contributed by atoms with E-state index in [-0.39, 0.29) is 25.2 Å². The fraction of sp³-hybridized carbons (Fsp3) is 0.636. The molecule has 0 unspecified atom stereocenters. The molecule has 0 atom stereocenters. The highest BCUT2D eigenvalue weighted by molar-refractivity contribution is 5.96. The molecule has 0 aliphatic carbocycles. The lowest BCUT2D eigenvalue weighted by Gasteiger charge is -2.18. The summed E-state index contributed by atoms with van der Waals surface area (Å²) in [6, 6.07) is 0. The lowest BCUT2D eigenvalue weighted by Crippen LogP contribution is -2.34. The Morgan fingerprint density at radius 1 is 1.55 bits per heavy atom. The molecule has 0 spiro atoms. The zero-order chi connectivity index (χ0) is 16.9. The average molecular weight is 323 g/mol. The van der Waals surface area contributed by atoms with Gasteiger partial charge in [-0.15, -0.1) is 0 Å². The van der Waals surface area contributed by atoms with E-state index >= 15 is 0 Å². The number of rotatable bonds is 7. The van der Waals surface area contributed by atoms with Crippen LogP contribution in [0.3, 0.4) is 0 Å². The van der Waals surface area contributed by atoms with Crippen LogP contribution in [-0.4, -0.2) is 58.4 Å². The maximum Gasteiger partial charge on any atom is 0.401 e. The minimum absolute atomic E-state index is 0.101. The van der Waals surface area contributed by atoms with Crippen LogP contribution in [0.5, 0.6) is 0 Å². The highest BCUT2D eigenvalue weighted by atomic mass is 19.4. The van der Waals surface area contributed by atoms with Crippen molar-refractivity contribution in [2.45, 2.75) is 12.6 Å². The molecule has 1 heterocycles. The van der Waals surface area contributed by atoms with E-state index in [4.69, 9.17) is 0 Å². The van der Waals surface area contributed by atoms with E-state index in [0.29, 0.717) is 0 Å². The van der Waals surface area contributed by atoms with Crippen LogP contribution in [0.2, 0.25) is 0 Å². The van der Waals surface area contributed by atoms with E-state index in [0.717, 1.165) is 15.8 Å². The molecule has 0 fully saturated rings. The molecule has 0 aliphatic rings. The largest absolute Gasteiger partial charge is 0.401 e. The molecule has 0 aromatic carbocycles. The topological polar surface area (TPSA) is 93.3 Å². The number of aromatic nitrogens is 2. The van der Waals surface area contributed by atoms with Gasteiger partial charge in [-0.1, -0.05) is 0 Å². The van der Waals surface area contributed by atoms with Crippen LogP contribution in [0.25, 0.3) is 0 Å². The second kappa shape index (κ2) is 7.20. The smallest absolute Gasteiger partial charge is 0.350 e. The molecule has 1 aromatic heterocycles. The number of hydrogen-bond donors (Lipinski definition) is 1. The van der Waals surface area contributed by atoms with Crippen LogP contribution in [0, 0.1) is 10.1 Å². The van der Waals surface area contributed by atoms with Gasteiger partial charge >= 0.3 is 11.9 Å². The zero-order valence-corrected chi connectivity index (χ0v) is 12.1. The number of aryl methyl sites for hydroxylation is 1. The van der Waals surface area contributed by atoms with Crippen LogP contribution in [0.15, 0.2) is 6.20 Å². The molecule has 22 heavy (non-hydrogen) atoms. The van der Waals surface area contributed by atoms with Gasteiger partial charge in [0.2, 0.25) is 5.69 Å². The molecule has 0 saturated carbocycles. The number of nitro groups is 1. The van der Waals surface area contributed by atoms with Crippen molar-refractivity contribution in [1.82, 2.24) is 20.0 Å². The predicted molar refractivity (Wildman–Crippen MR) is 70.4 cm³/mol. The summed E-state index contributed by atoms with van der Waals surface area (Å²) in [5.41, 5.74) is -0.622. The van der Waals surface area contributed by atoms with Crippen molar-refractivity contribution in [3.8, 4) is 0 Å². The molecule has 1 N–H and O–H groups in total. The van der Waals surface area contributed by atoms with Gasteiger partial charge in [-0.25, -0.2) is 0 Å². The summed E-state index contributed by atoms with van der Waals surface area (Å²) >= 11 is 0. The first-order valence-corrected chi connectivity index (χ1v) is 6.31. The van der Waals surface area contributed by atoms with Crippen LogP contribution >= 0.6 is 0 Å². The number of carbonyl (C=O) groups is 1. The highest BCUT2D eigenvalue weighted by Gasteiger charge is 2.29. The van der Waals surface area contributed by atoms with Gasteiger partial charge in [-0.2, -0.15) is 18.3 Å². The van der Waals surface area contributed by atoms with Crippen molar-refractivity contribution in [2.24, 2.45) is 7.05 Å². The molecule has 1 rings (SSSR count). The maximum absolute atomic E-state index is 12.1. The maximum atomic E-state index is 12.1. The number of carbonyl (C=O) groups excluding carboxylic acids is 1. The van der Waals surface area contributed by atoms with Crippen molar-refractivity contribution in [3.63, 3.8) is 0 Å². The van der Waals surface area contributed by atoms with Crippen LogP contribution in [0.1, 0.15) is 16.9 Å². The summed E-state index contributed by atoms with van der Waals surface area (Å²) in [6.07, 6.45) is -3.02. The molecule has 11 heteroatoms. The van der Waals surface area contributed by atoms with E-state index in [9.17, 15) is 28.1 Å². The third-order valence-corrected chi connectivity index (χ3v) is 2.78. The monoisotopic (exact) mass is 323 g/mol. The summed E-state index contributed by atoms with van der Waals surface area (Å²) < 4.78 is 37.4. The standard InChI is InChI=1S/C11H16F3N5O3/c1-17(7-11(12,13)14)5-3-4-15-10(20)9-8(19(21)22)6-16-18(9)2/h6H,3-5,7H2,1-2H3,(H,15,20). The third kappa shape index (κ3) is 5.31. The Morgan fingerprint density at radius 2 is 2.18 bits per heavy atom. The van der Waals surface area contributed by atoms with Crippen molar-refractivity contribution in [2.75, 3.05) is 26.7 Å².